The molecule has 30 heavy (non-hydrogen) atoms. The number of nitrogens with one attached hydrogen (secondary N) is 1. The second-order valence-electron chi connectivity index (χ2n) is 6.84. The highest BCUT2D eigenvalue weighted by molar-refractivity contribution is 6.34. The number of ether oxygens (including phenoxy) is 2. The molecular weight excluding hydrogens is 429 g/mol. The van der Waals surface area contributed by atoms with E-state index >= 15 is 0 Å². The summed E-state index contributed by atoms with van der Waals surface area (Å²) in [5, 5.41) is 8.16. The Morgan fingerprint density at radius 2 is 1.87 bits per heavy atom. The molecule has 2 heterocycles. The van der Waals surface area contributed by atoms with Gasteiger partial charge >= 0.3 is 5.97 Å². The van der Waals surface area contributed by atoms with Crippen LogP contribution in [0.25, 0.3) is 5.57 Å². The van der Waals surface area contributed by atoms with E-state index in [9.17, 15) is 4.79 Å². The highest BCUT2D eigenvalue weighted by Crippen LogP contribution is 2.44. The Hall–Kier alpha value is -2.35. The van der Waals surface area contributed by atoms with Gasteiger partial charge in [-0.25, -0.2) is 4.79 Å². The minimum atomic E-state index is -0.553. The molecule has 1 aromatic carbocycles. The number of halogens is 2. The molecule has 3 rings (SSSR count). The first kappa shape index (κ1) is 22.3. The molecule has 1 atom stereocenters. The fourth-order valence-corrected chi connectivity index (χ4v) is 3.97. The number of aromatic nitrogens is 2. The second kappa shape index (κ2) is 9.64. The number of carbonyl (C=O) groups excluding carboxylic acids is 1. The minimum absolute atomic E-state index is 0.133. The van der Waals surface area contributed by atoms with Crippen LogP contribution in [0.5, 0.6) is 0 Å². The molecule has 1 aromatic heterocycles. The van der Waals surface area contributed by atoms with Crippen molar-refractivity contribution in [3.63, 3.8) is 0 Å². The van der Waals surface area contributed by atoms with Crippen LogP contribution in [0.4, 0.5) is 0 Å². The van der Waals surface area contributed by atoms with E-state index in [1.54, 1.807) is 25.3 Å². The van der Waals surface area contributed by atoms with Crippen LogP contribution in [0.15, 0.2) is 39.7 Å². The molecule has 2 aromatic rings. The fraction of sp³-hybridized carbons (Fsp3) is 0.381. The predicted molar refractivity (Wildman–Crippen MR) is 114 cm³/mol. The monoisotopic (exact) mass is 451 g/mol. The van der Waals surface area contributed by atoms with Gasteiger partial charge in [-0.15, -0.1) is 0 Å². The molecule has 9 heteroatoms. The summed E-state index contributed by atoms with van der Waals surface area (Å²) in [6.07, 6.45) is 0.623. The summed E-state index contributed by atoms with van der Waals surface area (Å²) in [7, 11) is 1.54. The number of hydrogen-bond acceptors (Lipinski definition) is 7. The van der Waals surface area contributed by atoms with Crippen LogP contribution in [0, 0.1) is 0 Å². The van der Waals surface area contributed by atoms with Gasteiger partial charge in [0.2, 0.25) is 0 Å². The second-order valence-corrected chi connectivity index (χ2v) is 7.71. The summed E-state index contributed by atoms with van der Waals surface area (Å²) in [5.41, 5.74) is 3.26. The van der Waals surface area contributed by atoms with Crippen molar-refractivity contribution in [1.29, 1.82) is 0 Å². The zero-order chi connectivity index (χ0) is 21.8. The van der Waals surface area contributed by atoms with Crippen LogP contribution < -0.4 is 5.32 Å². The maximum atomic E-state index is 13.1. The zero-order valence-corrected chi connectivity index (χ0v) is 18.7. The SMILES string of the molecule is CCc1noc(C2=C(C)NC(C)=C(C(=O)OCCOC)C2c2cc(Cl)cc(Cl)c2)n1. The third-order valence-corrected chi connectivity index (χ3v) is 5.17. The first-order chi connectivity index (χ1) is 14.3. The summed E-state index contributed by atoms with van der Waals surface area (Å²) in [4.78, 5) is 17.5. The molecule has 1 N–H and O–H groups in total. The van der Waals surface area contributed by atoms with Crippen molar-refractivity contribution in [2.45, 2.75) is 33.1 Å². The molecule has 1 aliphatic heterocycles. The third kappa shape index (κ3) is 4.69. The van der Waals surface area contributed by atoms with Crippen molar-refractivity contribution in [2.24, 2.45) is 0 Å². The van der Waals surface area contributed by atoms with Gasteiger partial charge in [0, 0.05) is 40.5 Å². The van der Waals surface area contributed by atoms with Crippen LogP contribution in [0.2, 0.25) is 10.0 Å². The summed E-state index contributed by atoms with van der Waals surface area (Å²) in [6, 6.07) is 5.17. The van der Waals surface area contributed by atoms with E-state index in [2.05, 4.69) is 15.5 Å². The van der Waals surface area contributed by atoms with Gasteiger partial charge in [0.25, 0.3) is 5.89 Å². The number of nitrogens with zero attached hydrogens (tertiary/aromatic N) is 2. The molecule has 0 radical (unpaired) electrons. The van der Waals surface area contributed by atoms with E-state index in [-0.39, 0.29) is 6.61 Å². The van der Waals surface area contributed by atoms with Crippen LogP contribution in [0.1, 0.15) is 44.0 Å². The Morgan fingerprint density at radius 3 is 2.47 bits per heavy atom. The number of allylic oxidation sites excluding steroid dienone is 3. The molecule has 0 saturated heterocycles. The quantitative estimate of drug-likeness (QED) is 0.488. The highest BCUT2D eigenvalue weighted by Gasteiger charge is 2.37. The third-order valence-electron chi connectivity index (χ3n) is 4.73. The van der Waals surface area contributed by atoms with Crippen molar-refractivity contribution < 1.29 is 18.8 Å². The Balaban J connectivity index is 2.15. The topological polar surface area (TPSA) is 86.5 Å². The lowest BCUT2D eigenvalue weighted by Gasteiger charge is -2.30. The van der Waals surface area contributed by atoms with Gasteiger partial charge < -0.3 is 19.3 Å². The van der Waals surface area contributed by atoms with Crippen molar-refractivity contribution in [3.8, 4) is 0 Å². The lowest BCUT2D eigenvalue weighted by atomic mass is 9.80. The number of dihydropyridines is 1. The lowest BCUT2D eigenvalue weighted by Crippen LogP contribution is -2.29. The number of hydrogen-bond donors (Lipinski definition) is 1. The number of methoxy groups -OCH3 is 1. The van der Waals surface area contributed by atoms with Gasteiger partial charge in [-0.3, -0.25) is 0 Å². The first-order valence-electron chi connectivity index (χ1n) is 9.49. The minimum Gasteiger partial charge on any atom is -0.460 e. The maximum absolute atomic E-state index is 13.1. The number of benzene rings is 1. The van der Waals surface area contributed by atoms with E-state index < -0.39 is 11.9 Å². The van der Waals surface area contributed by atoms with Crippen molar-refractivity contribution in [3.05, 3.63) is 62.5 Å². The van der Waals surface area contributed by atoms with Gasteiger partial charge in [-0.1, -0.05) is 35.3 Å². The molecule has 0 fully saturated rings. The van der Waals surface area contributed by atoms with Crippen molar-refractivity contribution >= 4 is 34.7 Å². The molecule has 1 aliphatic rings. The largest absolute Gasteiger partial charge is 0.460 e. The van der Waals surface area contributed by atoms with E-state index in [4.69, 9.17) is 37.2 Å². The summed E-state index contributed by atoms with van der Waals surface area (Å²) < 4.78 is 15.9. The zero-order valence-electron chi connectivity index (χ0n) is 17.2. The number of aryl methyl sites for hydroxylation is 1. The van der Waals surface area contributed by atoms with Crippen LogP contribution in [0.3, 0.4) is 0 Å². The Labute approximate surface area is 185 Å². The maximum Gasteiger partial charge on any atom is 0.336 e. The van der Waals surface area contributed by atoms with E-state index in [0.29, 0.717) is 51.6 Å². The number of esters is 1. The average Bonchev–Trinajstić information content (AvgIpc) is 3.15. The molecule has 1 unspecified atom stereocenters. The standard InChI is InChI=1S/C21H23Cl2N3O4/c1-5-16-25-20(30-26-16)17-11(2)24-12(3)18(21(27)29-7-6-28-4)19(17)13-8-14(22)10-15(23)9-13/h8-10,19,24H,5-7H2,1-4H3. The normalized spacial score (nSPS) is 16.7. The van der Waals surface area contributed by atoms with Gasteiger partial charge in [0.05, 0.1) is 18.1 Å². The molecule has 0 aliphatic carbocycles. The average molecular weight is 452 g/mol. The van der Waals surface area contributed by atoms with E-state index in [1.807, 2.05) is 20.8 Å². The first-order valence-corrected chi connectivity index (χ1v) is 10.2. The van der Waals surface area contributed by atoms with E-state index in [1.165, 1.54) is 0 Å². The molecule has 0 bridgehead atoms. The van der Waals surface area contributed by atoms with Gasteiger partial charge in [-0.05, 0) is 37.6 Å². The lowest BCUT2D eigenvalue weighted by molar-refractivity contribution is -0.140. The van der Waals surface area contributed by atoms with Crippen molar-refractivity contribution in [1.82, 2.24) is 15.5 Å². The molecule has 7 nitrogen and oxygen atoms in total. The Morgan fingerprint density at radius 1 is 1.17 bits per heavy atom. The molecule has 160 valence electrons. The number of carbonyl (C=O) groups is 1. The number of rotatable bonds is 7. The smallest absolute Gasteiger partial charge is 0.336 e. The Kier molecular flexibility index (Phi) is 7.18. The molecule has 0 amide bonds. The summed E-state index contributed by atoms with van der Waals surface area (Å²) in [6.45, 7) is 6.07. The van der Waals surface area contributed by atoms with Gasteiger partial charge in [0.15, 0.2) is 5.82 Å². The van der Waals surface area contributed by atoms with Crippen LogP contribution in [-0.4, -0.2) is 36.4 Å². The van der Waals surface area contributed by atoms with Crippen LogP contribution in [-0.2, 0) is 20.7 Å². The predicted octanol–water partition coefficient (Wildman–Crippen LogP) is 4.52. The van der Waals surface area contributed by atoms with E-state index in [0.717, 1.165) is 11.3 Å². The fourth-order valence-electron chi connectivity index (χ4n) is 3.43. The molecular formula is C21H23Cl2N3O4. The van der Waals surface area contributed by atoms with Gasteiger partial charge in [0.1, 0.15) is 6.61 Å². The summed E-state index contributed by atoms with van der Waals surface area (Å²) in [5.74, 6) is -0.127. The molecule has 0 spiro atoms. The van der Waals surface area contributed by atoms with Crippen LogP contribution >= 0.6 is 23.2 Å². The highest BCUT2D eigenvalue weighted by atomic mass is 35.5. The summed E-state index contributed by atoms with van der Waals surface area (Å²) >= 11 is 12.6. The molecule has 0 saturated carbocycles. The van der Waals surface area contributed by atoms with Crippen molar-refractivity contribution in [2.75, 3.05) is 20.3 Å². The van der Waals surface area contributed by atoms with Gasteiger partial charge in [-0.2, -0.15) is 4.98 Å². The Bertz CT molecular complexity index is 993.